The summed E-state index contributed by atoms with van der Waals surface area (Å²) in [6, 6.07) is 11.9. The number of aromatic nitrogens is 1. The number of pyridine rings is 1. The Kier molecular flexibility index (Phi) is 6.08. The van der Waals surface area contributed by atoms with Crippen molar-refractivity contribution in [2.24, 2.45) is 0 Å². The van der Waals surface area contributed by atoms with Gasteiger partial charge in [-0.2, -0.15) is 0 Å². The van der Waals surface area contributed by atoms with Gasteiger partial charge < -0.3 is 9.80 Å². The van der Waals surface area contributed by atoms with Crippen LogP contribution in [0.25, 0.3) is 0 Å². The van der Waals surface area contributed by atoms with Gasteiger partial charge in [0.15, 0.2) is 0 Å². The molecule has 2 aromatic rings. The van der Waals surface area contributed by atoms with Crippen molar-refractivity contribution in [2.75, 3.05) is 27.2 Å². The van der Waals surface area contributed by atoms with Crippen molar-refractivity contribution < 1.29 is 9.59 Å². The van der Waals surface area contributed by atoms with Crippen LogP contribution in [0.15, 0.2) is 42.6 Å². The first-order valence-electron chi connectivity index (χ1n) is 11.5. The van der Waals surface area contributed by atoms with Crippen molar-refractivity contribution in [2.45, 2.75) is 57.7 Å². The van der Waals surface area contributed by atoms with Crippen LogP contribution in [0.1, 0.15) is 59.8 Å². The van der Waals surface area contributed by atoms with E-state index in [0.717, 1.165) is 43.7 Å². The number of carbonyl (C=O) groups is 2. The first kappa shape index (κ1) is 22.5. The maximum absolute atomic E-state index is 13.7. The second-order valence-electron chi connectivity index (χ2n) is 9.71. The summed E-state index contributed by atoms with van der Waals surface area (Å²) in [4.78, 5) is 37.8. The molecule has 170 valence electrons. The summed E-state index contributed by atoms with van der Waals surface area (Å²) >= 11 is 0. The molecule has 1 spiro atoms. The van der Waals surface area contributed by atoms with E-state index in [1.807, 2.05) is 62.4 Å². The van der Waals surface area contributed by atoms with E-state index in [1.54, 1.807) is 4.90 Å². The van der Waals surface area contributed by atoms with Crippen LogP contribution in [-0.4, -0.2) is 70.3 Å². The number of hydrogen-bond acceptors (Lipinski definition) is 4. The minimum Gasteiger partial charge on any atom is -0.348 e. The standard InChI is InChI=1S/C26H34N4O2/c1-18(2)30-24(31)22-9-7-6-8-21(22)23(25(32)28(4)5)26(30)12-14-29(15-13-26)17-20-11-10-19(3)27-16-20/h6-11,16,18,23H,12-15,17H2,1-5H3. The zero-order chi connectivity index (χ0) is 23.0. The van der Waals surface area contributed by atoms with Crippen molar-refractivity contribution in [1.82, 2.24) is 19.7 Å². The van der Waals surface area contributed by atoms with Gasteiger partial charge in [-0.05, 0) is 56.9 Å². The first-order valence-corrected chi connectivity index (χ1v) is 11.5. The van der Waals surface area contributed by atoms with Crippen molar-refractivity contribution in [3.05, 3.63) is 65.0 Å². The number of likely N-dealkylation sites (tertiary alicyclic amines) is 1. The molecule has 6 nitrogen and oxygen atoms in total. The van der Waals surface area contributed by atoms with Crippen LogP contribution in [-0.2, 0) is 11.3 Å². The van der Waals surface area contributed by atoms with Crippen molar-refractivity contribution >= 4 is 11.8 Å². The number of piperidine rings is 1. The molecule has 2 aliphatic rings. The van der Waals surface area contributed by atoms with Crippen LogP contribution in [0.3, 0.4) is 0 Å². The Morgan fingerprint density at radius 1 is 1.16 bits per heavy atom. The molecule has 0 N–H and O–H groups in total. The normalized spacial score (nSPS) is 20.5. The lowest BCUT2D eigenvalue weighted by molar-refractivity contribution is -0.136. The molecule has 1 atom stereocenters. The van der Waals surface area contributed by atoms with Crippen LogP contribution < -0.4 is 0 Å². The Morgan fingerprint density at radius 3 is 2.44 bits per heavy atom. The maximum atomic E-state index is 13.7. The summed E-state index contributed by atoms with van der Waals surface area (Å²) in [5.41, 5.74) is 3.24. The third kappa shape index (κ3) is 3.81. The zero-order valence-corrected chi connectivity index (χ0v) is 19.8. The smallest absolute Gasteiger partial charge is 0.254 e. The second-order valence-corrected chi connectivity index (χ2v) is 9.71. The van der Waals surface area contributed by atoms with Crippen LogP contribution in [0.4, 0.5) is 0 Å². The topological polar surface area (TPSA) is 56.8 Å². The fourth-order valence-corrected chi connectivity index (χ4v) is 5.55. The Labute approximate surface area is 191 Å². The Balaban J connectivity index is 1.70. The number of carbonyl (C=O) groups excluding carboxylic acids is 2. The van der Waals surface area contributed by atoms with Crippen LogP contribution in [0.5, 0.6) is 0 Å². The van der Waals surface area contributed by atoms with Crippen molar-refractivity contribution in [1.29, 1.82) is 0 Å². The van der Waals surface area contributed by atoms with Crippen LogP contribution in [0.2, 0.25) is 0 Å². The van der Waals surface area contributed by atoms with E-state index in [4.69, 9.17) is 0 Å². The van der Waals surface area contributed by atoms with Crippen molar-refractivity contribution in [3.8, 4) is 0 Å². The van der Waals surface area contributed by atoms with Gasteiger partial charge in [-0.3, -0.25) is 19.5 Å². The Bertz CT molecular complexity index is 991. The minimum absolute atomic E-state index is 0.0150. The number of benzene rings is 1. The number of aryl methyl sites for hydroxylation is 1. The third-order valence-corrected chi connectivity index (χ3v) is 7.04. The fraction of sp³-hybridized carbons (Fsp3) is 0.500. The summed E-state index contributed by atoms with van der Waals surface area (Å²) in [6.45, 7) is 8.63. The molecular formula is C26H34N4O2. The highest BCUT2D eigenvalue weighted by Gasteiger charge is 2.56. The summed E-state index contributed by atoms with van der Waals surface area (Å²) in [5, 5.41) is 0. The highest BCUT2D eigenvalue weighted by Crippen LogP contribution is 2.48. The lowest BCUT2D eigenvalue weighted by Crippen LogP contribution is -2.66. The number of likely N-dealkylation sites (N-methyl/N-ethyl adjacent to an activating group) is 1. The van der Waals surface area contributed by atoms with E-state index in [-0.39, 0.29) is 23.8 Å². The quantitative estimate of drug-likeness (QED) is 0.740. The molecule has 6 heteroatoms. The van der Waals surface area contributed by atoms with E-state index in [2.05, 4.69) is 29.8 Å². The van der Waals surface area contributed by atoms with E-state index < -0.39 is 5.54 Å². The lowest BCUT2D eigenvalue weighted by Gasteiger charge is -2.57. The summed E-state index contributed by atoms with van der Waals surface area (Å²) in [6.07, 6.45) is 3.49. The average Bonchev–Trinajstić information content (AvgIpc) is 2.76. The van der Waals surface area contributed by atoms with Crippen LogP contribution in [0, 0.1) is 6.92 Å². The number of amides is 2. The van der Waals surface area contributed by atoms with Gasteiger partial charge in [-0.15, -0.1) is 0 Å². The molecule has 0 bridgehead atoms. The molecule has 1 unspecified atom stereocenters. The monoisotopic (exact) mass is 434 g/mol. The molecular weight excluding hydrogens is 400 g/mol. The molecule has 32 heavy (non-hydrogen) atoms. The molecule has 1 aromatic heterocycles. The van der Waals surface area contributed by atoms with Gasteiger partial charge in [0.05, 0.1) is 11.5 Å². The van der Waals surface area contributed by atoms with Gasteiger partial charge in [-0.1, -0.05) is 24.3 Å². The minimum atomic E-state index is -0.511. The molecule has 0 saturated carbocycles. The van der Waals surface area contributed by atoms with Gasteiger partial charge in [0, 0.05) is 57.2 Å². The van der Waals surface area contributed by atoms with E-state index >= 15 is 0 Å². The molecule has 2 aliphatic heterocycles. The predicted molar refractivity (Wildman–Crippen MR) is 125 cm³/mol. The summed E-state index contributed by atoms with van der Waals surface area (Å²) in [7, 11) is 3.63. The van der Waals surface area contributed by atoms with Gasteiger partial charge >= 0.3 is 0 Å². The van der Waals surface area contributed by atoms with E-state index in [0.29, 0.717) is 5.56 Å². The Hall–Kier alpha value is -2.73. The molecule has 4 rings (SSSR count). The first-order chi connectivity index (χ1) is 15.2. The molecule has 1 aromatic carbocycles. The third-order valence-electron chi connectivity index (χ3n) is 7.04. The largest absolute Gasteiger partial charge is 0.348 e. The molecule has 1 fully saturated rings. The van der Waals surface area contributed by atoms with Gasteiger partial charge in [0.1, 0.15) is 0 Å². The molecule has 1 saturated heterocycles. The number of nitrogens with zero attached hydrogens (tertiary/aromatic N) is 4. The van der Waals surface area contributed by atoms with Gasteiger partial charge in [0.2, 0.25) is 5.91 Å². The highest BCUT2D eigenvalue weighted by atomic mass is 16.2. The van der Waals surface area contributed by atoms with Crippen molar-refractivity contribution in [3.63, 3.8) is 0 Å². The number of hydrogen-bond donors (Lipinski definition) is 0. The maximum Gasteiger partial charge on any atom is 0.254 e. The summed E-state index contributed by atoms with van der Waals surface area (Å²) in [5.74, 6) is -0.224. The number of fused-ring (bicyclic) bond motifs is 1. The summed E-state index contributed by atoms with van der Waals surface area (Å²) < 4.78 is 0. The van der Waals surface area contributed by atoms with Gasteiger partial charge in [0.25, 0.3) is 5.91 Å². The molecule has 0 aliphatic carbocycles. The molecule has 0 radical (unpaired) electrons. The van der Waals surface area contributed by atoms with Crippen LogP contribution >= 0.6 is 0 Å². The SMILES string of the molecule is Cc1ccc(CN2CCC3(CC2)C(C(=O)N(C)C)c2ccccc2C(=O)N3C(C)C)cn1. The van der Waals surface area contributed by atoms with E-state index in [1.165, 1.54) is 5.56 Å². The van der Waals surface area contributed by atoms with E-state index in [9.17, 15) is 9.59 Å². The predicted octanol–water partition coefficient (Wildman–Crippen LogP) is 3.46. The molecule has 2 amide bonds. The Morgan fingerprint density at radius 2 is 1.84 bits per heavy atom. The second kappa shape index (κ2) is 8.66. The fourth-order valence-electron chi connectivity index (χ4n) is 5.55. The molecule has 3 heterocycles. The highest BCUT2D eigenvalue weighted by molar-refractivity contribution is 6.02. The lowest BCUT2D eigenvalue weighted by atomic mass is 9.66. The van der Waals surface area contributed by atoms with Gasteiger partial charge in [-0.25, -0.2) is 0 Å². The average molecular weight is 435 g/mol. The number of rotatable bonds is 4. The zero-order valence-electron chi connectivity index (χ0n) is 19.8.